The summed E-state index contributed by atoms with van der Waals surface area (Å²) >= 11 is 12.9. The Labute approximate surface area is 162 Å². The Morgan fingerprint density at radius 3 is 2.69 bits per heavy atom. The molecular formula is C19H20Cl2N4O. The van der Waals surface area contributed by atoms with Gasteiger partial charge in [-0.1, -0.05) is 35.3 Å². The van der Waals surface area contributed by atoms with Crippen molar-refractivity contribution in [2.24, 2.45) is 0 Å². The number of aromatic amines is 1. The molecule has 136 valence electrons. The van der Waals surface area contributed by atoms with Crippen LogP contribution in [-0.4, -0.2) is 59.5 Å². The highest BCUT2D eigenvalue weighted by Crippen LogP contribution is 2.37. The molecule has 1 aliphatic rings. The third kappa shape index (κ3) is 3.28. The summed E-state index contributed by atoms with van der Waals surface area (Å²) in [6.45, 7) is 3.43. The minimum absolute atomic E-state index is 0.150. The number of likely N-dealkylation sites (tertiary alicyclic amines) is 1. The van der Waals surface area contributed by atoms with Crippen molar-refractivity contribution in [3.63, 3.8) is 0 Å². The number of H-pyrrole nitrogens is 1. The SMILES string of the molecule is CN(CCN1CC(O)C1)c1ccc(-c2cc(Cl)c3cn[nH]c3c2Cl)cc1. The third-order valence-corrected chi connectivity index (χ3v) is 5.64. The van der Waals surface area contributed by atoms with E-state index in [1.54, 1.807) is 6.20 Å². The van der Waals surface area contributed by atoms with Crippen molar-refractivity contribution in [2.75, 3.05) is 38.1 Å². The van der Waals surface area contributed by atoms with E-state index in [0.717, 1.165) is 53.9 Å². The minimum atomic E-state index is -0.150. The fraction of sp³-hybridized carbons (Fsp3) is 0.316. The lowest BCUT2D eigenvalue weighted by molar-refractivity contribution is 0.00425. The topological polar surface area (TPSA) is 55.4 Å². The number of β-amino-alcohol motifs (C(OH)–C–C–N with tert-alkyl or cyclic N) is 1. The summed E-state index contributed by atoms with van der Waals surface area (Å²) in [6.07, 6.45) is 1.53. The normalized spacial score (nSPS) is 15.4. The Hall–Kier alpha value is -1.79. The number of benzene rings is 2. The van der Waals surface area contributed by atoms with Crippen LogP contribution in [0.1, 0.15) is 0 Å². The van der Waals surface area contributed by atoms with Gasteiger partial charge in [0.2, 0.25) is 0 Å². The van der Waals surface area contributed by atoms with Gasteiger partial charge in [-0.15, -0.1) is 0 Å². The number of anilines is 1. The Morgan fingerprint density at radius 2 is 2.00 bits per heavy atom. The quantitative estimate of drug-likeness (QED) is 0.697. The number of aliphatic hydroxyl groups excluding tert-OH is 1. The average molecular weight is 391 g/mol. The maximum Gasteiger partial charge on any atom is 0.0857 e. The molecule has 1 aliphatic heterocycles. The summed E-state index contributed by atoms with van der Waals surface area (Å²) in [4.78, 5) is 4.46. The number of nitrogens with one attached hydrogen (secondary N) is 1. The molecule has 0 amide bonds. The van der Waals surface area contributed by atoms with E-state index in [4.69, 9.17) is 23.2 Å². The maximum atomic E-state index is 9.35. The number of halogens is 2. The Kier molecular flexibility index (Phi) is 4.80. The van der Waals surface area contributed by atoms with Gasteiger partial charge in [-0.05, 0) is 23.8 Å². The van der Waals surface area contributed by atoms with Crippen LogP contribution in [0.25, 0.3) is 22.0 Å². The van der Waals surface area contributed by atoms with E-state index in [-0.39, 0.29) is 6.10 Å². The molecule has 0 saturated carbocycles. The number of fused-ring (bicyclic) bond motifs is 1. The first kappa shape index (κ1) is 17.6. The largest absolute Gasteiger partial charge is 0.390 e. The highest BCUT2D eigenvalue weighted by Gasteiger charge is 2.23. The molecule has 4 rings (SSSR count). The molecule has 0 bridgehead atoms. The summed E-state index contributed by atoms with van der Waals surface area (Å²) in [7, 11) is 2.08. The molecule has 0 radical (unpaired) electrons. The zero-order chi connectivity index (χ0) is 18.3. The standard InChI is InChI=1S/C19H20Cl2N4O/c1-24(6-7-25-10-14(26)11-25)13-4-2-12(3-5-13)15-8-17(20)16-9-22-23-19(16)18(15)21/h2-5,8-9,14,26H,6-7,10-11H2,1H3,(H,22,23). The van der Waals surface area contributed by atoms with Gasteiger partial charge in [0, 0.05) is 49.9 Å². The fourth-order valence-electron chi connectivity index (χ4n) is 3.29. The van der Waals surface area contributed by atoms with E-state index < -0.39 is 0 Å². The molecule has 1 saturated heterocycles. The molecule has 0 unspecified atom stereocenters. The molecule has 0 atom stereocenters. The second kappa shape index (κ2) is 7.08. The molecule has 0 aliphatic carbocycles. The number of likely N-dealkylation sites (N-methyl/N-ethyl adjacent to an activating group) is 1. The van der Waals surface area contributed by atoms with Crippen LogP contribution in [0.2, 0.25) is 10.0 Å². The Bertz CT molecular complexity index is 919. The number of hydrogen-bond acceptors (Lipinski definition) is 4. The van der Waals surface area contributed by atoms with Gasteiger partial charge in [-0.3, -0.25) is 10.00 Å². The average Bonchev–Trinajstić information content (AvgIpc) is 3.11. The molecule has 1 aromatic heterocycles. The predicted molar refractivity (Wildman–Crippen MR) is 107 cm³/mol. The highest BCUT2D eigenvalue weighted by atomic mass is 35.5. The second-order valence-corrected chi connectivity index (χ2v) is 7.55. The first-order chi connectivity index (χ1) is 12.5. The number of rotatable bonds is 5. The molecule has 2 heterocycles. The van der Waals surface area contributed by atoms with E-state index in [0.29, 0.717) is 10.0 Å². The number of aliphatic hydroxyl groups is 1. The lowest BCUT2D eigenvalue weighted by Gasteiger charge is -2.37. The summed E-state index contributed by atoms with van der Waals surface area (Å²) < 4.78 is 0. The van der Waals surface area contributed by atoms with E-state index in [1.807, 2.05) is 6.07 Å². The summed E-state index contributed by atoms with van der Waals surface area (Å²) in [5, 5.41) is 18.4. The van der Waals surface area contributed by atoms with E-state index >= 15 is 0 Å². The van der Waals surface area contributed by atoms with Crippen molar-refractivity contribution < 1.29 is 5.11 Å². The van der Waals surface area contributed by atoms with Crippen molar-refractivity contribution in [1.29, 1.82) is 0 Å². The van der Waals surface area contributed by atoms with Crippen molar-refractivity contribution >= 4 is 39.8 Å². The van der Waals surface area contributed by atoms with Gasteiger partial charge in [0.05, 0.1) is 27.9 Å². The van der Waals surface area contributed by atoms with Gasteiger partial charge in [0.25, 0.3) is 0 Å². The molecular weight excluding hydrogens is 371 g/mol. The molecule has 3 aromatic rings. The smallest absolute Gasteiger partial charge is 0.0857 e. The molecule has 7 heteroatoms. The van der Waals surface area contributed by atoms with Gasteiger partial charge >= 0.3 is 0 Å². The van der Waals surface area contributed by atoms with Crippen LogP contribution in [0, 0.1) is 0 Å². The van der Waals surface area contributed by atoms with Crippen molar-refractivity contribution in [3.05, 3.63) is 46.6 Å². The first-order valence-corrected chi connectivity index (χ1v) is 9.31. The van der Waals surface area contributed by atoms with E-state index in [9.17, 15) is 5.11 Å². The number of nitrogens with zero attached hydrogens (tertiary/aromatic N) is 3. The zero-order valence-corrected chi connectivity index (χ0v) is 15.9. The Morgan fingerprint density at radius 1 is 1.27 bits per heavy atom. The zero-order valence-electron chi connectivity index (χ0n) is 14.4. The van der Waals surface area contributed by atoms with Crippen molar-refractivity contribution in [2.45, 2.75) is 6.10 Å². The van der Waals surface area contributed by atoms with Crippen LogP contribution in [0.15, 0.2) is 36.5 Å². The number of hydrogen-bond donors (Lipinski definition) is 2. The van der Waals surface area contributed by atoms with Gasteiger partial charge in [-0.25, -0.2) is 0 Å². The van der Waals surface area contributed by atoms with Crippen LogP contribution in [0.3, 0.4) is 0 Å². The summed E-state index contributed by atoms with van der Waals surface area (Å²) in [6, 6.07) is 10.2. The monoisotopic (exact) mass is 390 g/mol. The van der Waals surface area contributed by atoms with Crippen molar-refractivity contribution in [1.82, 2.24) is 15.1 Å². The van der Waals surface area contributed by atoms with E-state index in [1.165, 1.54) is 0 Å². The van der Waals surface area contributed by atoms with Gasteiger partial charge in [-0.2, -0.15) is 5.10 Å². The molecule has 2 N–H and O–H groups in total. The van der Waals surface area contributed by atoms with E-state index in [2.05, 4.69) is 51.3 Å². The van der Waals surface area contributed by atoms with Crippen LogP contribution in [0.4, 0.5) is 5.69 Å². The molecule has 1 fully saturated rings. The van der Waals surface area contributed by atoms with Crippen LogP contribution >= 0.6 is 23.2 Å². The molecule has 5 nitrogen and oxygen atoms in total. The molecule has 2 aromatic carbocycles. The third-order valence-electron chi connectivity index (χ3n) is 4.93. The maximum absolute atomic E-state index is 9.35. The highest BCUT2D eigenvalue weighted by molar-refractivity contribution is 6.42. The second-order valence-electron chi connectivity index (χ2n) is 6.76. The van der Waals surface area contributed by atoms with Gasteiger partial charge in [0.1, 0.15) is 0 Å². The number of aromatic nitrogens is 2. The molecule has 26 heavy (non-hydrogen) atoms. The van der Waals surface area contributed by atoms with Crippen molar-refractivity contribution in [3.8, 4) is 11.1 Å². The summed E-state index contributed by atoms with van der Waals surface area (Å²) in [5.74, 6) is 0. The lowest BCUT2D eigenvalue weighted by atomic mass is 10.0. The van der Waals surface area contributed by atoms with Crippen LogP contribution in [-0.2, 0) is 0 Å². The molecule has 0 spiro atoms. The summed E-state index contributed by atoms with van der Waals surface area (Å²) in [5.41, 5.74) is 3.79. The fourth-order valence-corrected chi connectivity index (χ4v) is 3.85. The first-order valence-electron chi connectivity index (χ1n) is 8.56. The van der Waals surface area contributed by atoms with Gasteiger partial charge < -0.3 is 10.0 Å². The minimum Gasteiger partial charge on any atom is -0.390 e. The van der Waals surface area contributed by atoms with Crippen LogP contribution < -0.4 is 4.90 Å². The Balaban J connectivity index is 1.51. The lowest BCUT2D eigenvalue weighted by Crippen LogP contribution is -2.52. The van der Waals surface area contributed by atoms with Crippen LogP contribution in [0.5, 0.6) is 0 Å². The predicted octanol–water partition coefficient (Wildman–Crippen LogP) is 3.65. The van der Waals surface area contributed by atoms with Gasteiger partial charge in [0.15, 0.2) is 0 Å².